The molecule has 0 spiro atoms. The number of pyridine rings is 1. The van der Waals surface area contributed by atoms with Gasteiger partial charge in [0.1, 0.15) is 30.4 Å². The van der Waals surface area contributed by atoms with Gasteiger partial charge in [0.05, 0.1) is 44.9 Å². The summed E-state index contributed by atoms with van der Waals surface area (Å²) >= 11 is 6.80. The van der Waals surface area contributed by atoms with Crippen molar-refractivity contribution in [1.29, 1.82) is 0 Å². The number of nitrogens with two attached hydrogens (primary N) is 1. The molecule has 4 fully saturated rings. The molecule has 0 unspecified atom stereocenters. The summed E-state index contributed by atoms with van der Waals surface area (Å²) in [5.41, 5.74) is 2.02. The van der Waals surface area contributed by atoms with E-state index in [0.717, 1.165) is 25.3 Å². The second-order valence-electron chi connectivity index (χ2n) is 13.3. The Balaban J connectivity index is 1.29. The molecule has 1 aromatic carbocycles. The van der Waals surface area contributed by atoms with Crippen LogP contribution in [0.3, 0.4) is 0 Å². The number of hydrogen-bond acceptors (Lipinski definition) is 10. The van der Waals surface area contributed by atoms with Crippen LogP contribution in [0.15, 0.2) is 6.07 Å². The third kappa shape index (κ3) is 5.09. The van der Waals surface area contributed by atoms with E-state index in [-0.39, 0.29) is 71.2 Å². The standard InChI is InChI=1S/C31H32ClF6N7O3/c1-13-7-18(39)41-24(21(13)31(36,37)38)19-22(32)26-20-25(23(19)33)42-29(43-27(20)45-9-14-3-4-16(40-14)17(45)11-46-26)47-12-30-5-2-6-44(30)10-15(8-30)48-28(34)35/h7,14-17,28,40H,2-6,8-12H2,1H3,(H2,39,41)/t14-,15-,16+,17-,30+/m1/s1. The van der Waals surface area contributed by atoms with Crippen molar-refractivity contribution in [1.82, 2.24) is 25.2 Å². The van der Waals surface area contributed by atoms with Gasteiger partial charge in [0, 0.05) is 25.2 Å². The number of ether oxygens (including phenoxy) is 3. The van der Waals surface area contributed by atoms with Crippen LogP contribution in [0.1, 0.15) is 43.2 Å². The fourth-order valence-corrected chi connectivity index (χ4v) is 8.82. The van der Waals surface area contributed by atoms with Crippen LogP contribution < -0.4 is 25.4 Å². The Morgan fingerprint density at radius 2 is 2.02 bits per heavy atom. The summed E-state index contributed by atoms with van der Waals surface area (Å²) < 4.78 is 104. The summed E-state index contributed by atoms with van der Waals surface area (Å²) in [5, 5.41) is 3.27. The normalized spacial score (nSPS) is 28.1. The van der Waals surface area contributed by atoms with Gasteiger partial charge in [0.2, 0.25) is 0 Å². The zero-order valence-electron chi connectivity index (χ0n) is 25.7. The second-order valence-corrected chi connectivity index (χ2v) is 13.7. The average molecular weight is 700 g/mol. The van der Waals surface area contributed by atoms with Gasteiger partial charge < -0.3 is 30.2 Å². The summed E-state index contributed by atoms with van der Waals surface area (Å²) in [6, 6.07) is 0.736. The molecule has 4 saturated heterocycles. The number of aromatic nitrogens is 3. The number of benzene rings is 1. The Morgan fingerprint density at radius 3 is 2.79 bits per heavy atom. The molecule has 3 N–H and O–H groups in total. The van der Waals surface area contributed by atoms with Crippen LogP contribution in [-0.4, -0.2) is 89.1 Å². The number of nitrogens with one attached hydrogen (secondary N) is 1. The van der Waals surface area contributed by atoms with Gasteiger partial charge in [-0.1, -0.05) is 11.6 Å². The minimum absolute atomic E-state index is 0.0108. The quantitative estimate of drug-likeness (QED) is 0.328. The zero-order valence-corrected chi connectivity index (χ0v) is 26.5. The van der Waals surface area contributed by atoms with Gasteiger partial charge in [-0.2, -0.15) is 31.9 Å². The predicted octanol–water partition coefficient (Wildman–Crippen LogP) is 5.32. The summed E-state index contributed by atoms with van der Waals surface area (Å²) in [6.45, 7) is -0.101. The number of alkyl halides is 5. The molecule has 2 bridgehead atoms. The minimum atomic E-state index is -4.92. The lowest BCUT2D eigenvalue weighted by Crippen LogP contribution is -2.60. The first kappa shape index (κ1) is 31.9. The maximum absolute atomic E-state index is 16.9. The lowest BCUT2D eigenvalue weighted by molar-refractivity contribution is -0.159. The first-order chi connectivity index (χ1) is 22.8. The van der Waals surface area contributed by atoms with Crippen molar-refractivity contribution in [3.8, 4) is 23.0 Å². The number of halogens is 7. The van der Waals surface area contributed by atoms with E-state index < -0.39 is 52.1 Å². The molecule has 5 atom stereocenters. The van der Waals surface area contributed by atoms with Gasteiger partial charge in [-0.05, 0) is 57.2 Å². The Hall–Kier alpha value is -3.34. The Bertz CT molecular complexity index is 1800. The van der Waals surface area contributed by atoms with Crippen molar-refractivity contribution in [3.05, 3.63) is 28.0 Å². The van der Waals surface area contributed by atoms with Crippen molar-refractivity contribution in [3.63, 3.8) is 0 Å². The summed E-state index contributed by atoms with van der Waals surface area (Å²) in [5.74, 6) is -1.19. The molecule has 10 nitrogen and oxygen atoms in total. The van der Waals surface area contributed by atoms with E-state index in [1.165, 1.54) is 6.92 Å². The summed E-state index contributed by atoms with van der Waals surface area (Å²) in [4.78, 5) is 17.2. The zero-order chi connectivity index (χ0) is 33.7. The van der Waals surface area contributed by atoms with Crippen LogP contribution in [0.2, 0.25) is 5.02 Å². The lowest BCUT2D eigenvalue weighted by atomic mass is 9.94. The molecule has 2 aromatic heterocycles. The molecule has 258 valence electrons. The Labute approximate surface area is 275 Å². The molecule has 48 heavy (non-hydrogen) atoms. The third-order valence-electron chi connectivity index (χ3n) is 10.5. The van der Waals surface area contributed by atoms with E-state index in [9.17, 15) is 22.0 Å². The van der Waals surface area contributed by atoms with Gasteiger partial charge in [-0.25, -0.2) is 9.37 Å². The predicted molar refractivity (Wildman–Crippen MR) is 163 cm³/mol. The number of fused-ring (bicyclic) bond motifs is 6. The molecule has 0 aliphatic carbocycles. The number of aryl methyl sites for hydroxylation is 1. The van der Waals surface area contributed by atoms with E-state index in [1.54, 1.807) is 0 Å². The number of rotatable bonds is 6. The highest BCUT2D eigenvalue weighted by molar-refractivity contribution is 6.36. The Morgan fingerprint density at radius 1 is 1.21 bits per heavy atom. The van der Waals surface area contributed by atoms with Crippen LogP contribution in [0.5, 0.6) is 11.8 Å². The van der Waals surface area contributed by atoms with Crippen LogP contribution in [0.25, 0.3) is 22.2 Å². The second kappa shape index (κ2) is 11.4. The smallest absolute Gasteiger partial charge is 0.418 e. The lowest BCUT2D eigenvalue weighted by Gasteiger charge is -2.40. The summed E-state index contributed by atoms with van der Waals surface area (Å²) in [7, 11) is 0. The summed E-state index contributed by atoms with van der Waals surface area (Å²) in [6.07, 6.45) is -2.05. The van der Waals surface area contributed by atoms with Crippen molar-refractivity contribution in [2.75, 3.05) is 43.5 Å². The maximum atomic E-state index is 16.9. The van der Waals surface area contributed by atoms with Gasteiger partial charge >= 0.3 is 18.8 Å². The topological polar surface area (TPSA) is 111 Å². The highest BCUT2D eigenvalue weighted by atomic mass is 35.5. The first-order valence-electron chi connectivity index (χ1n) is 15.9. The van der Waals surface area contributed by atoms with Gasteiger partial charge in [-0.15, -0.1) is 0 Å². The van der Waals surface area contributed by atoms with E-state index in [4.69, 9.17) is 36.5 Å². The van der Waals surface area contributed by atoms with Crippen LogP contribution in [0.4, 0.5) is 38.0 Å². The van der Waals surface area contributed by atoms with Crippen LogP contribution in [0, 0.1) is 12.7 Å². The molecule has 17 heteroatoms. The number of nitrogen functional groups attached to an aromatic ring is 1. The largest absolute Gasteiger partial charge is 0.489 e. The molecule has 0 amide bonds. The molecule has 7 heterocycles. The van der Waals surface area contributed by atoms with E-state index in [1.807, 2.05) is 4.90 Å². The third-order valence-corrected chi connectivity index (χ3v) is 10.8. The molecule has 0 saturated carbocycles. The van der Waals surface area contributed by atoms with Crippen molar-refractivity contribution < 1.29 is 40.6 Å². The highest BCUT2D eigenvalue weighted by Crippen LogP contribution is 2.51. The highest BCUT2D eigenvalue weighted by Gasteiger charge is 2.51. The van der Waals surface area contributed by atoms with E-state index in [2.05, 4.69) is 20.2 Å². The molecule has 5 aliphatic heterocycles. The monoisotopic (exact) mass is 699 g/mol. The van der Waals surface area contributed by atoms with E-state index >= 15 is 4.39 Å². The molecular formula is C31H32ClF6N7O3. The van der Waals surface area contributed by atoms with Gasteiger partial charge in [0.25, 0.3) is 0 Å². The first-order valence-corrected chi connectivity index (χ1v) is 16.2. The SMILES string of the molecule is Cc1cc(N)nc(-c2c(Cl)c3c4c(nc(OC[C@@]56CCCN5C[C@H](OC(F)F)C6)nc4c2F)N2C[C@H]4CC[C@H](N4)[C@H]2CO3)c1C(F)(F)F. The Kier molecular flexibility index (Phi) is 7.54. The van der Waals surface area contributed by atoms with Gasteiger partial charge in [-0.3, -0.25) is 4.90 Å². The molecular weight excluding hydrogens is 668 g/mol. The van der Waals surface area contributed by atoms with Crippen molar-refractivity contribution in [2.24, 2.45) is 0 Å². The van der Waals surface area contributed by atoms with Crippen molar-refractivity contribution in [2.45, 2.75) is 81.6 Å². The average Bonchev–Trinajstić information content (AvgIpc) is 3.64. The van der Waals surface area contributed by atoms with Crippen molar-refractivity contribution >= 4 is 34.1 Å². The number of piperazine rings is 1. The van der Waals surface area contributed by atoms with Crippen LogP contribution >= 0.6 is 11.6 Å². The fraction of sp³-hybridized carbons (Fsp3) is 0.581. The molecule has 3 aromatic rings. The number of nitrogens with zero attached hydrogens (tertiary/aromatic N) is 5. The van der Waals surface area contributed by atoms with Crippen LogP contribution in [-0.2, 0) is 10.9 Å². The maximum Gasteiger partial charge on any atom is 0.418 e. The number of anilines is 2. The number of hydrogen-bond donors (Lipinski definition) is 2. The minimum Gasteiger partial charge on any atom is -0.489 e. The van der Waals surface area contributed by atoms with Gasteiger partial charge in [0.15, 0.2) is 11.6 Å². The van der Waals surface area contributed by atoms with E-state index in [0.29, 0.717) is 32.5 Å². The molecule has 0 radical (unpaired) electrons. The molecule has 8 rings (SSSR count). The molecule has 5 aliphatic rings. The fourth-order valence-electron chi connectivity index (χ4n) is 8.50.